The number of hydrogen-bond donors (Lipinski definition) is 1. The molecule has 1 amide bonds. The number of ether oxygens (including phenoxy) is 1. The van der Waals surface area contributed by atoms with E-state index >= 15 is 0 Å². The summed E-state index contributed by atoms with van der Waals surface area (Å²) in [5.74, 6) is -0.479. The molecule has 0 atom stereocenters. The van der Waals surface area contributed by atoms with E-state index in [1.165, 1.54) is 13.1 Å². The molecule has 6 nitrogen and oxygen atoms in total. The van der Waals surface area contributed by atoms with Crippen molar-refractivity contribution in [2.24, 2.45) is 0 Å². The zero-order chi connectivity index (χ0) is 23.2. The highest BCUT2D eigenvalue weighted by Gasteiger charge is 2.27. The van der Waals surface area contributed by atoms with Gasteiger partial charge < -0.3 is 10.1 Å². The summed E-state index contributed by atoms with van der Waals surface area (Å²) in [4.78, 5) is 12.3. The van der Waals surface area contributed by atoms with Crippen molar-refractivity contribution in [3.05, 3.63) is 64.7 Å². The van der Waals surface area contributed by atoms with Crippen LogP contribution in [0, 0.1) is 13.8 Å². The molecule has 1 N–H and O–H groups in total. The average Bonchev–Trinajstić information content (AvgIpc) is 2.68. The lowest BCUT2D eigenvalue weighted by Gasteiger charge is -2.17. The highest BCUT2D eigenvalue weighted by atomic mass is 32.2. The summed E-state index contributed by atoms with van der Waals surface area (Å²) in [6.45, 7) is 2.01. The maximum atomic E-state index is 12.7. The van der Waals surface area contributed by atoms with Crippen LogP contribution in [0.5, 0.6) is 0 Å². The van der Waals surface area contributed by atoms with Crippen molar-refractivity contribution in [2.45, 2.75) is 38.1 Å². The van der Waals surface area contributed by atoms with Gasteiger partial charge in [0.25, 0.3) is 0 Å². The number of halogens is 3. The molecule has 0 aliphatic rings. The first-order valence-corrected chi connectivity index (χ1v) is 10.8. The van der Waals surface area contributed by atoms with Crippen LogP contribution in [-0.4, -0.2) is 45.0 Å². The second-order valence-corrected chi connectivity index (χ2v) is 9.25. The Kier molecular flexibility index (Phi) is 8.21. The van der Waals surface area contributed by atoms with Crippen LogP contribution in [0.3, 0.4) is 0 Å². The molecule has 31 heavy (non-hydrogen) atoms. The van der Waals surface area contributed by atoms with E-state index in [1.54, 1.807) is 36.4 Å². The van der Waals surface area contributed by atoms with Gasteiger partial charge in [-0.3, -0.25) is 4.79 Å². The Balaban J connectivity index is 1.86. The molecule has 2 aromatic carbocycles. The molecule has 2 aromatic rings. The Morgan fingerprint density at radius 1 is 1.03 bits per heavy atom. The maximum absolute atomic E-state index is 12.7. The molecular formula is C21H25F3N2O4S. The van der Waals surface area contributed by atoms with Gasteiger partial charge in [-0.2, -0.15) is 17.5 Å². The molecule has 170 valence electrons. The van der Waals surface area contributed by atoms with Gasteiger partial charge in [0.05, 0.1) is 18.0 Å². The highest BCUT2D eigenvalue weighted by molar-refractivity contribution is 7.89. The minimum Gasteiger partial charge on any atom is -0.367 e. The Bertz CT molecular complexity index is 1010. The molecule has 0 aromatic heterocycles. The van der Waals surface area contributed by atoms with E-state index in [9.17, 15) is 26.4 Å². The number of alkyl halides is 3. The van der Waals surface area contributed by atoms with Crippen LogP contribution >= 0.6 is 0 Å². The number of carbonyl (C=O) groups is 1. The smallest absolute Gasteiger partial charge is 0.367 e. The van der Waals surface area contributed by atoms with Gasteiger partial charge in [0.2, 0.25) is 15.9 Å². The normalized spacial score (nSPS) is 12.2. The average molecular weight is 459 g/mol. The number of benzene rings is 2. The number of nitrogens with one attached hydrogen (secondary N) is 1. The number of sulfonamides is 1. The molecule has 0 bridgehead atoms. The van der Waals surface area contributed by atoms with Crippen LogP contribution < -0.4 is 5.32 Å². The zero-order valence-electron chi connectivity index (χ0n) is 17.5. The van der Waals surface area contributed by atoms with Crippen LogP contribution in [-0.2, 0) is 32.7 Å². The first-order valence-electron chi connectivity index (χ1n) is 9.41. The van der Waals surface area contributed by atoms with Crippen LogP contribution in [0.4, 0.5) is 13.2 Å². The van der Waals surface area contributed by atoms with Crippen molar-refractivity contribution in [1.29, 1.82) is 0 Å². The Labute approximate surface area is 180 Å². The lowest BCUT2D eigenvalue weighted by atomic mass is 10.1. The number of rotatable bonds is 9. The van der Waals surface area contributed by atoms with Gasteiger partial charge in [-0.15, -0.1) is 0 Å². The second kappa shape index (κ2) is 10.3. The number of aryl methyl sites for hydroxylation is 2. The molecule has 10 heteroatoms. The summed E-state index contributed by atoms with van der Waals surface area (Å²) in [6, 6.07) is 11.3. The SMILES string of the molecule is Cc1ccc(S(=O)(=O)N(C)CC(=O)NCc2ccc(COCC(F)(F)F)cc2)cc1C. The third kappa shape index (κ3) is 7.64. The van der Waals surface area contributed by atoms with Crippen molar-refractivity contribution in [1.82, 2.24) is 9.62 Å². The van der Waals surface area contributed by atoms with Crippen molar-refractivity contribution >= 4 is 15.9 Å². The fourth-order valence-electron chi connectivity index (χ4n) is 2.64. The molecule has 0 heterocycles. The fourth-order valence-corrected chi connectivity index (χ4v) is 3.85. The van der Waals surface area contributed by atoms with E-state index in [0.29, 0.717) is 11.1 Å². The quantitative estimate of drug-likeness (QED) is 0.626. The van der Waals surface area contributed by atoms with E-state index in [2.05, 4.69) is 10.1 Å². The highest BCUT2D eigenvalue weighted by Crippen LogP contribution is 2.18. The van der Waals surface area contributed by atoms with Gasteiger partial charge in [0.1, 0.15) is 6.61 Å². The predicted molar refractivity (Wildman–Crippen MR) is 110 cm³/mol. The summed E-state index contributed by atoms with van der Waals surface area (Å²) in [6.07, 6.45) is -4.37. The van der Waals surface area contributed by atoms with Crippen molar-refractivity contribution < 1.29 is 31.1 Å². The monoisotopic (exact) mass is 458 g/mol. The van der Waals surface area contributed by atoms with Gasteiger partial charge in [0, 0.05) is 13.6 Å². The standard InChI is InChI=1S/C21H25F3N2O4S/c1-15-4-9-19(10-16(15)2)31(28,29)26(3)12-20(27)25-11-17-5-7-18(8-6-17)13-30-14-21(22,23)24/h4-10H,11-14H2,1-3H3,(H,25,27). The van der Waals surface area contributed by atoms with Gasteiger partial charge >= 0.3 is 6.18 Å². The number of nitrogens with zero attached hydrogens (tertiary/aromatic N) is 1. The van der Waals surface area contributed by atoms with Crippen LogP contribution in [0.25, 0.3) is 0 Å². The molecule has 0 spiro atoms. The first kappa shape index (κ1) is 24.8. The van der Waals surface area contributed by atoms with E-state index < -0.39 is 28.7 Å². The number of likely N-dealkylation sites (N-methyl/N-ethyl adjacent to an activating group) is 1. The largest absolute Gasteiger partial charge is 0.411 e. The summed E-state index contributed by atoms with van der Waals surface area (Å²) in [5.41, 5.74) is 3.09. The van der Waals surface area contributed by atoms with E-state index in [-0.39, 0.29) is 24.6 Å². The topological polar surface area (TPSA) is 75.7 Å². The van der Waals surface area contributed by atoms with Crippen molar-refractivity contribution in [3.8, 4) is 0 Å². The summed E-state index contributed by atoms with van der Waals surface area (Å²) < 4.78 is 67.1. The molecule has 0 fully saturated rings. The molecule has 0 saturated heterocycles. The van der Waals surface area contributed by atoms with Gasteiger partial charge in [-0.1, -0.05) is 30.3 Å². The predicted octanol–water partition coefficient (Wildman–Crippen LogP) is 3.32. The first-order chi connectivity index (χ1) is 14.4. The molecule has 0 unspecified atom stereocenters. The number of hydrogen-bond acceptors (Lipinski definition) is 4. The zero-order valence-corrected chi connectivity index (χ0v) is 18.3. The van der Waals surface area contributed by atoms with Gasteiger partial charge in [-0.05, 0) is 48.2 Å². The Hall–Kier alpha value is -2.43. The second-order valence-electron chi connectivity index (χ2n) is 7.21. The summed E-state index contributed by atoms with van der Waals surface area (Å²) >= 11 is 0. The van der Waals surface area contributed by atoms with Crippen LogP contribution in [0.1, 0.15) is 22.3 Å². The molecular weight excluding hydrogens is 433 g/mol. The lowest BCUT2D eigenvalue weighted by molar-refractivity contribution is -0.176. The van der Waals surface area contributed by atoms with Gasteiger partial charge in [0.15, 0.2) is 0 Å². The van der Waals surface area contributed by atoms with E-state index in [0.717, 1.165) is 15.4 Å². The lowest BCUT2D eigenvalue weighted by Crippen LogP contribution is -2.38. The van der Waals surface area contributed by atoms with Crippen molar-refractivity contribution in [2.75, 3.05) is 20.2 Å². The molecule has 0 saturated carbocycles. The molecule has 0 aliphatic carbocycles. The summed E-state index contributed by atoms with van der Waals surface area (Å²) in [5, 5.41) is 2.63. The third-order valence-corrected chi connectivity index (χ3v) is 6.40. The van der Waals surface area contributed by atoms with Crippen molar-refractivity contribution in [3.63, 3.8) is 0 Å². The number of amides is 1. The van der Waals surface area contributed by atoms with Gasteiger partial charge in [-0.25, -0.2) is 8.42 Å². The van der Waals surface area contributed by atoms with Crippen LogP contribution in [0.2, 0.25) is 0 Å². The minimum absolute atomic E-state index is 0.120. The van der Waals surface area contributed by atoms with E-state index in [4.69, 9.17) is 0 Å². The number of carbonyl (C=O) groups excluding carboxylic acids is 1. The molecule has 0 aliphatic heterocycles. The minimum atomic E-state index is -4.37. The molecule has 2 rings (SSSR count). The van der Waals surface area contributed by atoms with E-state index in [1.807, 2.05) is 13.8 Å². The fraction of sp³-hybridized carbons (Fsp3) is 0.381. The Morgan fingerprint density at radius 3 is 2.23 bits per heavy atom. The van der Waals surface area contributed by atoms with Crippen LogP contribution in [0.15, 0.2) is 47.4 Å². The Morgan fingerprint density at radius 2 is 1.65 bits per heavy atom. The maximum Gasteiger partial charge on any atom is 0.411 e. The summed E-state index contributed by atoms with van der Waals surface area (Å²) in [7, 11) is -2.47. The molecule has 0 radical (unpaired) electrons. The third-order valence-electron chi connectivity index (χ3n) is 4.60.